The van der Waals surface area contributed by atoms with Gasteiger partial charge in [-0.1, -0.05) is 17.7 Å². The van der Waals surface area contributed by atoms with E-state index in [1.54, 1.807) is 23.2 Å². The summed E-state index contributed by atoms with van der Waals surface area (Å²) in [6.07, 6.45) is 3.08. The Balaban J connectivity index is 1.35. The van der Waals surface area contributed by atoms with Crippen LogP contribution >= 0.6 is 0 Å². The first kappa shape index (κ1) is 18.9. The Morgan fingerprint density at radius 2 is 1.62 bits per heavy atom. The SMILES string of the molecule is Cc1ccc(Nc2cnc(C(=O)N3CCN(c4ccc(F)cc4)CC3)cn2)cc1. The molecule has 0 bridgehead atoms. The summed E-state index contributed by atoms with van der Waals surface area (Å²) in [6.45, 7) is 4.59. The topological polar surface area (TPSA) is 61.4 Å². The average Bonchev–Trinajstić information content (AvgIpc) is 2.76. The van der Waals surface area contributed by atoms with Gasteiger partial charge in [0.15, 0.2) is 0 Å². The summed E-state index contributed by atoms with van der Waals surface area (Å²) in [5.74, 6) is 0.214. The van der Waals surface area contributed by atoms with Crippen LogP contribution < -0.4 is 10.2 Å². The molecule has 1 aliphatic rings. The Hall–Kier alpha value is -3.48. The lowest BCUT2D eigenvalue weighted by molar-refractivity contribution is 0.0740. The highest BCUT2D eigenvalue weighted by Crippen LogP contribution is 2.18. The lowest BCUT2D eigenvalue weighted by atomic mass is 10.2. The van der Waals surface area contributed by atoms with E-state index >= 15 is 0 Å². The van der Waals surface area contributed by atoms with Gasteiger partial charge in [-0.05, 0) is 43.3 Å². The first-order chi connectivity index (χ1) is 14.1. The Morgan fingerprint density at radius 3 is 2.24 bits per heavy atom. The number of aryl methyl sites for hydroxylation is 1. The quantitative estimate of drug-likeness (QED) is 0.736. The number of anilines is 3. The third kappa shape index (κ3) is 4.51. The van der Waals surface area contributed by atoms with E-state index in [0.717, 1.165) is 11.4 Å². The molecule has 0 unspecified atom stereocenters. The largest absolute Gasteiger partial charge is 0.368 e. The van der Waals surface area contributed by atoms with Gasteiger partial charge < -0.3 is 15.1 Å². The van der Waals surface area contributed by atoms with Gasteiger partial charge in [0.25, 0.3) is 5.91 Å². The molecule has 2 aromatic carbocycles. The highest BCUT2D eigenvalue weighted by atomic mass is 19.1. The highest BCUT2D eigenvalue weighted by Gasteiger charge is 2.23. The summed E-state index contributed by atoms with van der Waals surface area (Å²) in [4.78, 5) is 25.2. The van der Waals surface area contributed by atoms with Crippen LogP contribution in [0, 0.1) is 12.7 Å². The van der Waals surface area contributed by atoms with Gasteiger partial charge in [0.1, 0.15) is 17.3 Å². The minimum atomic E-state index is -0.249. The van der Waals surface area contributed by atoms with Crippen LogP contribution in [0.3, 0.4) is 0 Å². The van der Waals surface area contributed by atoms with E-state index < -0.39 is 0 Å². The molecule has 0 saturated carbocycles. The van der Waals surface area contributed by atoms with Gasteiger partial charge in [0.2, 0.25) is 0 Å². The zero-order valence-electron chi connectivity index (χ0n) is 16.2. The number of hydrogen-bond acceptors (Lipinski definition) is 5. The van der Waals surface area contributed by atoms with Crippen LogP contribution in [0.5, 0.6) is 0 Å². The number of amides is 1. The van der Waals surface area contributed by atoms with Crippen LogP contribution in [0.2, 0.25) is 0 Å². The minimum absolute atomic E-state index is 0.127. The normalized spacial score (nSPS) is 14.0. The van der Waals surface area contributed by atoms with Gasteiger partial charge in [-0.15, -0.1) is 0 Å². The number of rotatable bonds is 4. The predicted molar refractivity (Wildman–Crippen MR) is 111 cm³/mol. The van der Waals surface area contributed by atoms with Gasteiger partial charge in [0.05, 0.1) is 12.4 Å². The first-order valence-electron chi connectivity index (χ1n) is 9.54. The van der Waals surface area contributed by atoms with Crippen LogP contribution in [0.25, 0.3) is 0 Å². The zero-order chi connectivity index (χ0) is 20.2. The Morgan fingerprint density at radius 1 is 0.931 bits per heavy atom. The molecule has 1 fully saturated rings. The van der Waals surface area contributed by atoms with E-state index in [9.17, 15) is 9.18 Å². The molecule has 3 aromatic rings. The number of carbonyl (C=O) groups is 1. The fraction of sp³-hybridized carbons (Fsp3) is 0.227. The van der Waals surface area contributed by atoms with Crippen molar-refractivity contribution in [2.24, 2.45) is 0 Å². The molecular weight excluding hydrogens is 369 g/mol. The number of nitrogens with zero attached hydrogens (tertiary/aromatic N) is 4. The van der Waals surface area contributed by atoms with Crippen molar-refractivity contribution in [1.29, 1.82) is 0 Å². The number of aromatic nitrogens is 2. The lowest BCUT2D eigenvalue weighted by Gasteiger charge is -2.35. The Kier molecular flexibility index (Phi) is 5.37. The smallest absolute Gasteiger partial charge is 0.274 e. The molecule has 1 aliphatic heterocycles. The van der Waals surface area contributed by atoms with Crippen LogP contribution in [0.15, 0.2) is 60.9 Å². The maximum atomic E-state index is 13.1. The van der Waals surface area contributed by atoms with Crippen molar-refractivity contribution in [2.75, 3.05) is 36.4 Å². The van der Waals surface area contributed by atoms with Crippen LogP contribution in [-0.4, -0.2) is 47.0 Å². The van der Waals surface area contributed by atoms with Crippen molar-refractivity contribution in [1.82, 2.24) is 14.9 Å². The summed E-state index contributed by atoms with van der Waals surface area (Å²) in [7, 11) is 0. The van der Waals surface area contributed by atoms with Gasteiger partial charge in [0, 0.05) is 37.6 Å². The minimum Gasteiger partial charge on any atom is -0.368 e. The maximum Gasteiger partial charge on any atom is 0.274 e. The molecule has 0 radical (unpaired) electrons. The van der Waals surface area contributed by atoms with Gasteiger partial charge in [-0.3, -0.25) is 4.79 Å². The zero-order valence-corrected chi connectivity index (χ0v) is 16.2. The second-order valence-electron chi connectivity index (χ2n) is 7.03. The van der Waals surface area contributed by atoms with E-state index in [1.807, 2.05) is 31.2 Å². The summed E-state index contributed by atoms with van der Waals surface area (Å²) in [5, 5.41) is 3.17. The molecule has 1 amide bonds. The molecule has 0 spiro atoms. The highest BCUT2D eigenvalue weighted by molar-refractivity contribution is 5.92. The van der Waals surface area contributed by atoms with E-state index in [2.05, 4.69) is 20.2 Å². The molecule has 29 heavy (non-hydrogen) atoms. The van der Waals surface area contributed by atoms with Gasteiger partial charge in [-0.25, -0.2) is 14.4 Å². The molecule has 6 nitrogen and oxygen atoms in total. The van der Waals surface area contributed by atoms with Crippen LogP contribution in [-0.2, 0) is 0 Å². The predicted octanol–water partition coefficient (Wildman–Crippen LogP) is 3.63. The molecule has 148 valence electrons. The lowest BCUT2D eigenvalue weighted by Crippen LogP contribution is -2.49. The van der Waals surface area contributed by atoms with Gasteiger partial charge in [-0.2, -0.15) is 0 Å². The molecular formula is C22H22FN5O. The summed E-state index contributed by atoms with van der Waals surface area (Å²) in [5.41, 5.74) is 3.39. The first-order valence-corrected chi connectivity index (χ1v) is 9.54. The molecule has 1 saturated heterocycles. The second kappa shape index (κ2) is 8.26. The van der Waals surface area contributed by atoms with Crippen molar-refractivity contribution < 1.29 is 9.18 Å². The van der Waals surface area contributed by atoms with E-state index in [4.69, 9.17) is 0 Å². The molecule has 7 heteroatoms. The molecule has 0 atom stereocenters. The third-order valence-electron chi connectivity index (χ3n) is 4.95. The summed E-state index contributed by atoms with van der Waals surface area (Å²) < 4.78 is 13.1. The number of nitrogens with one attached hydrogen (secondary N) is 1. The summed E-state index contributed by atoms with van der Waals surface area (Å²) in [6, 6.07) is 14.4. The number of hydrogen-bond donors (Lipinski definition) is 1. The fourth-order valence-corrected chi connectivity index (χ4v) is 3.27. The van der Waals surface area contributed by atoms with Crippen LogP contribution in [0.4, 0.5) is 21.6 Å². The standard InChI is InChI=1S/C22H22FN5O/c1-16-2-6-18(7-3-16)26-21-15-24-20(14-25-21)22(29)28-12-10-27(11-13-28)19-8-4-17(23)5-9-19/h2-9,14-15H,10-13H2,1H3,(H,25,26). The van der Waals surface area contributed by atoms with E-state index in [-0.39, 0.29) is 11.7 Å². The van der Waals surface area contributed by atoms with E-state index in [0.29, 0.717) is 37.7 Å². The summed E-state index contributed by atoms with van der Waals surface area (Å²) >= 11 is 0. The molecule has 0 aliphatic carbocycles. The van der Waals surface area contributed by atoms with Crippen LogP contribution in [0.1, 0.15) is 16.1 Å². The second-order valence-corrected chi connectivity index (χ2v) is 7.03. The fourth-order valence-electron chi connectivity index (χ4n) is 3.27. The average molecular weight is 391 g/mol. The Bertz CT molecular complexity index is 966. The molecule has 1 N–H and O–H groups in total. The van der Waals surface area contributed by atoms with Crippen molar-refractivity contribution in [3.63, 3.8) is 0 Å². The molecule has 4 rings (SSSR count). The van der Waals surface area contributed by atoms with Crippen molar-refractivity contribution in [2.45, 2.75) is 6.92 Å². The third-order valence-corrected chi connectivity index (χ3v) is 4.95. The maximum absolute atomic E-state index is 13.1. The number of piperazine rings is 1. The van der Waals surface area contributed by atoms with Crippen molar-refractivity contribution >= 4 is 23.1 Å². The van der Waals surface area contributed by atoms with Gasteiger partial charge >= 0.3 is 0 Å². The van der Waals surface area contributed by atoms with Crippen molar-refractivity contribution in [3.05, 3.63) is 78.0 Å². The molecule has 2 heterocycles. The Labute approximate surface area is 169 Å². The van der Waals surface area contributed by atoms with E-state index in [1.165, 1.54) is 23.9 Å². The van der Waals surface area contributed by atoms with Crippen molar-refractivity contribution in [3.8, 4) is 0 Å². The number of carbonyl (C=O) groups excluding carboxylic acids is 1. The monoisotopic (exact) mass is 391 g/mol. The number of benzene rings is 2. The number of halogens is 1. The molecule has 1 aromatic heterocycles.